The molecule has 6 nitrogen and oxygen atoms in total. The third kappa shape index (κ3) is 3.24. The van der Waals surface area contributed by atoms with E-state index in [9.17, 15) is 19.2 Å². The predicted octanol–water partition coefficient (Wildman–Crippen LogP) is 1.16. The fourth-order valence-electron chi connectivity index (χ4n) is 1.26. The average Bonchev–Trinajstić information content (AvgIpc) is 2.29. The molecule has 0 spiro atoms. The van der Waals surface area contributed by atoms with Crippen LogP contribution < -0.4 is 9.47 Å². The molecule has 0 unspecified atom stereocenters. The largest absolute Gasteiger partial charge is 0.426 e. The van der Waals surface area contributed by atoms with Crippen LogP contribution in [0, 0.1) is 0 Å². The minimum atomic E-state index is -0.629. The zero-order valence-corrected chi connectivity index (χ0v) is 9.76. The molecule has 18 heavy (non-hydrogen) atoms. The lowest BCUT2D eigenvalue weighted by Gasteiger charge is -2.09. The quantitative estimate of drug-likeness (QED) is 0.452. The molecule has 0 aliphatic heterocycles. The maximum absolute atomic E-state index is 10.8. The predicted molar refractivity (Wildman–Crippen MR) is 59.8 cm³/mol. The molecule has 0 aliphatic rings. The van der Waals surface area contributed by atoms with Gasteiger partial charge < -0.3 is 9.47 Å². The molecule has 0 saturated carbocycles. The molecule has 6 heteroatoms. The van der Waals surface area contributed by atoms with Crippen LogP contribution in [0.5, 0.6) is 11.5 Å². The normalized spacial score (nSPS) is 9.44. The number of hydrogen-bond acceptors (Lipinski definition) is 6. The molecule has 1 aromatic carbocycles. The van der Waals surface area contributed by atoms with Gasteiger partial charge in [-0.3, -0.25) is 19.2 Å². The molecule has 0 amide bonds. The molecule has 0 atom stereocenters. The van der Waals surface area contributed by atoms with Crippen molar-refractivity contribution in [3.05, 3.63) is 23.3 Å². The van der Waals surface area contributed by atoms with Gasteiger partial charge in [-0.25, -0.2) is 0 Å². The highest BCUT2D eigenvalue weighted by atomic mass is 16.5. The lowest BCUT2D eigenvalue weighted by atomic mass is 10.1. The van der Waals surface area contributed by atoms with Crippen molar-refractivity contribution in [2.75, 3.05) is 0 Å². The van der Waals surface area contributed by atoms with E-state index in [1.165, 1.54) is 0 Å². The van der Waals surface area contributed by atoms with Crippen LogP contribution in [0.3, 0.4) is 0 Å². The Labute approximate surface area is 102 Å². The van der Waals surface area contributed by atoms with Gasteiger partial charge in [0.05, 0.1) is 11.1 Å². The Morgan fingerprint density at radius 2 is 1.22 bits per heavy atom. The smallest absolute Gasteiger partial charge is 0.308 e. The maximum atomic E-state index is 10.8. The first-order valence-corrected chi connectivity index (χ1v) is 4.93. The van der Waals surface area contributed by atoms with E-state index >= 15 is 0 Å². The fraction of sp³-hybridized carbons (Fsp3) is 0.167. The van der Waals surface area contributed by atoms with Gasteiger partial charge in [-0.05, 0) is 12.1 Å². The zero-order valence-electron chi connectivity index (χ0n) is 9.76. The number of hydrogen-bond donors (Lipinski definition) is 0. The van der Waals surface area contributed by atoms with E-state index in [4.69, 9.17) is 9.47 Å². The third-order valence-corrected chi connectivity index (χ3v) is 1.90. The summed E-state index contributed by atoms with van der Waals surface area (Å²) in [7, 11) is 0. The fourth-order valence-corrected chi connectivity index (χ4v) is 1.26. The van der Waals surface area contributed by atoms with Gasteiger partial charge in [-0.15, -0.1) is 0 Å². The molecular formula is C12H10O6. The number of carbonyl (C=O) groups excluding carboxylic acids is 4. The van der Waals surface area contributed by atoms with Crippen LogP contribution in [0.15, 0.2) is 12.1 Å². The highest BCUT2D eigenvalue weighted by Gasteiger charge is 2.14. The highest BCUT2D eigenvalue weighted by molar-refractivity contribution is 5.89. The molecule has 0 aromatic heterocycles. The Morgan fingerprint density at radius 1 is 0.889 bits per heavy atom. The molecule has 0 N–H and O–H groups in total. The van der Waals surface area contributed by atoms with E-state index in [2.05, 4.69) is 0 Å². The zero-order chi connectivity index (χ0) is 13.7. The van der Waals surface area contributed by atoms with Gasteiger partial charge >= 0.3 is 11.9 Å². The molecule has 0 fully saturated rings. The second-order valence-electron chi connectivity index (χ2n) is 3.35. The molecule has 94 valence electrons. The van der Waals surface area contributed by atoms with Crippen molar-refractivity contribution in [1.29, 1.82) is 0 Å². The molecule has 0 aliphatic carbocycles. The van der Waals surface area contributed by atoms with Crippen molar-refractivity contribution in [2.24, 2.45) is 0 Å². The summed E-state index contributed by atoms with van der Waals surface area (Å²) in [5.41, 5.74) is 0.0131. The Kier molecular flexibility index (Phi) is 4.31. The topological polar surface area (TPSA) is 86.7 Å². The first-order valence-electron chi connectivity index (χ1n) is 4.93. The lowest BCUT2D eigenvalue weighted by molar-refractivity contribution is -0.133. The summed E-state index contributed by atoms with van der Waals surface area (Å²) >= 11 is 0. The molecular weight excluding hydrogens is 240 g/mol. The SMILES string of the molecule is CC(=O)Oc1cc(C=O)c(OC(C)=O)cc1C=O. The van der Waals surface area contributed by atoms with Gasteiger partial charge in [-0.2, -0.15) is 0 Å². The highest BCUT2D eigenvalue weighted by Crippen LogP contribution is 2.27. The Morgan fingerprint density at radius 3 is 1.44 bits per heavy atom. The Balaban J connectivity index is 3.31. The van der Waals surface area contributed by atoms with Crippen molar-refractivity contribution < 1.29 is 28.7 Å². The minimum Gasteiger partial charge on any atom is -0.426 e. The molecule has 1 rings (SSSR count). The van der Waals surface area contributed by atoms with Crippen LogP contribution >= 0.6 is 0 Å². The first kappa shape index (κ1) is 13.6. The van der Waals surface area contributed by atoms with Gasteiger partial charge in [-0.1, -0.05) is 0 Å². The van der Waals surface area contributed by atoms with Gasteiger partial charge in [0.1, 0.15) is 11.5 Å². The van der Waals surface area contributed by atoms with Crippen molar-refractivity contribution in [2.45, 2.75) is 13.8 Å². The first-order chi connectivity index (χ1) is 8.47. The standard InChI is InChI=1S/C12H10O6/c1-7(15)17-11-3-10(6-14)12(18-8(2)16)4-9(11)5-13/h3-6H,1-2H3. The van der Waals surface area contributed by atoms with Crippen LogP contribution in [0.4, 0.5) is 0 Å². The van der Waals surface area contributed by atoms with E-state index in [-0.39, 0.29) is 22.6 Å². The second kappa shape index (κ2) is 5.72. The van der Waals surface area contributed by atoms with Crippen LogP contribution in [0.25, 0.3) is 0 Å². The molecule has 0 bridgehead atoms. The van der Waals surface area contributed by atoms with Crippen LogP contribution in [0.1, 0.15) is 34.6 Å². The summed E-state index contributed by atoms with van der Waals surface area (Å²) in [6.07, 6.45) is 0.861. The lowest BCUT2D eigenvalue weighted by Crippen LogP contribution is -2.08. The van der Waals surface area contributed by atoms with Crippen molar-refractivity contribution in [1.82, 2.24) is 0 Å². The average molecular weight is 250 g/mol. The molecule has 0 saturated heterocycles. The van der Waals surface area contributed by atoms with Gasteiger partial charge in [0, 0.05) is 13.8 Å². The summed E-state index contributed by atoms with van der Waals surface area (Å²) in [6, 6.07) is 2.33. The third-order valence-electron chi connectivity index (χ3n) is 1.90. The van der Waals surface area contributed by atoms with E-state index < -0.39 is 11.9 Å². The van der Waals surface area contributed by atoms with Crippen LogP contribution in [0.2, 0.25) is 0 Å². The minimum absolute atomic E-state index is 0.00653. The molecule has 0 heterocycles. The maximum Gasteiger partial charge on any atom is 0.308 e. The van der Waals surface area contributed by atoms with E-state index in [0.29, 0.717) is 12.6 Å². The van der Waals surface area contributed by atoms with E-state index in [0.717, 1.165) is 26.0 Å². The molecule has 1 aromatic rings. The molecule has 0 radical (unpaired) electrons. The second-order valence-corrected chi connectivity index (χ2v) is 3.35. The van der Waals surface area contributed by atoms with Crippen LogP contribution in [-0.4, -0.2) is 24.5 Å². The van der Waals surface area contributed by atoms with Crippen LogP contribution in [-0.2, 0) is 9.59 Å². The number of carbonyl (C=O) groups is 4. The van der Waals surface area contributed by atoms with E-state index in [1.54, 1.807) is 0 Å². The van der Waals surface area contributed by atoms with Gasteiger partial charge in [0.25, 0.3) is 0 Å². The Hall–Kier alpha value is -2.50. The summed E-state index contributed by atoms with van der Waals surface area (Å²) in [6.45, 7) is 2.32. The number of ether oxygens (including phenoxy) is 2. The summed E-state index contributed by atoms with van der Waals surface area (Å²) < 4.78 is 9.54. The van der Waals surface area contributed by atoms with Gasteiger partial charge in [0.15, 0.2) is 12.6 Å². The number of rotatable bonds is 4. The van der Waals surface area contributed by atoms with Gasteiger partial charge in [0.2, 0.25) is 0 Å². The number of benzene rings is 1. The van der Waals surface area contributed by atoms with E-state index in [1.807, 2.05) is 0 Å². The van der Waals surface area contributed by atoms with Crippen molar-refractivity contribution >= 4 is 24.5 Å². The summed E-state index contributed by atoms with van der Waals surface area (Å²) in [5.74, 6) is -1.38. The Bertz CT molecular complexity index is 470. The van der Waals surface area contributed by atoms with Crippen molar-refractivity contribution in [3.63, 3.8) is 0 Å². The summed E-state index contributed by atoms with van der Waals surface area (Å²) in [5, 5.41) is 0. The van der Waals surface area contributed by atoms with Crippen molar-refractivity contribution in [3.8, 4) is 11.5 Å². The monoisotopic (exact) mass is 250 g/mol. The number of aldehydes is 2. The number of esters is 2. The summed E-state index contributed by atoms with van der Waals surface area (Å²) in [4.78, 5) is 43.3.